The van der Waals surface area contributed by atoms with E-state index in [4.69, 9.17) is 10.8 Å². The van der Waals surface area contributed by atoms with Crippen LogP contribution in [0.1, 0.15) is 27.0 Å². The summed E-state index contributed by atoms with van der Waals surface area (Å²) < 4.78 is 79.1. The molecule has 0 radical (unpaired) electrons. The Balaban J connectivity index is 2.05. The maximum Gasteiger partial charge on any atom is 0.416 e. The number of alkyl halides is 6. The third kappa shape index (κ3) is 4.51. The molecule has 31 heavy (non-hydrogen) atoms. The van der Waals surface area contributed by atoms with Gasteiger partial charge in [0.15, 0.2) is 0 Å². The van der Waals surface area contributed by atoms with Crippen molar-refractivity contribution in [1.82, 2.24) is 19.8 Å². The Bertz CT molecular complexity index is 1180. The molecule has 0 aliphatic rings. The van der Waals surface area contributed by atoms with Crippen LogP contribution in [0.5, 0.6) is 0 Å². The number of carbonyl (C=O) groups is 1. The Kier molecular flexibility index (Phi) is 5.25. The Hall–Kier alpha value is -3.84. The fraction of sp³-hybridized carbons (Fsp3) is 0.176. The lowest BCUT2D eigenvalue weighted by Crippen LogP contribution is -2.25. The van der Waals surface area contributed by atoms with Crippen molar-refractivity contribution in [3.63, 3.8) is 0 Å². The van der Waals surface area contributed by atoms with Crippen LogP contribution in [0.3, 0.4) is 0 Å². The average Bonchev–Trinajstić information content (AvgIpc) is 3.01. The van der Waals surface area contributed by atoms with Crippen LogP contribution in [-0.2, 0) is 18.9 Å². The van der Waals surface area contributed by atoms with Gasteiger partial charge in [0.05, 0.1) is 28.9 Å². The van der Waals surface area contributed by atoms with Gasteiger partial charge in [-0.15, -0.1) is 0 Å². The Morgan fingerprint density at radius 1 is 0.968 bits per heavy atom. The number of nitrogens with two attached hydrogens (primary N) is 1. The van der Waals surface area contributed by atoms with Gasteiger partial charge in [-0.2, -0.15) is 35.7 Å². The van der Waals surface area contributed by atoms with Crippen LogP contribution < -0.4 is 11.4 Å². The Morgan fingerprint density at radius 2 is 1.55 bits per heavy atom. The molecular formula is C17H11F6N5O3. The molecule has 3 N–H and O–H groups in total. The quantitative estimate of drug-likeness (QED) is 0.470. The van der Waals surface area contributed by atoms with Crippen LogP contribution in [-0.4, -0.2) is 30.9 Å². The Labute approximate surface area is 168 Å². The van der Waals surface area contributed by atoms with E-state index in [0.717, 1.165) is 6.07 Å². The third-order valence-corrected chi connectivity index (χ3v) is 4.14. The van der Waals surface area contributed by atoms with E-state index in [1.807, 2.05) is 0 Å². The summed E-state index contributed by atoms with van der Waals surface area (Å²) in [6.07, 6.45) is -10.2. The van der Waals surface area contributed by atoms with Crippen molar-refractivity contribution in [2.75, 3.05) is 5.73 Å². The van der Waals surface area contributed by atoms with Crippen molar-refractivity contribution in [3.05, 3.63) is 69.1 Å². The van der Waals surface area contributed by atoms with E-state index in [1.54, 1.807) is 0 Å². The molecule has 3 rings (SSSR count). The lowest BCUT2D eigenvalue weighted by Gasteiger charge is -2.13. The number of carboxylic acid groups (broad SMARTS) is 1. The molecule has 0 atom stereocenters. The zero-order valence-corrected chi connectivity index (χ0v) is 15.1. The van der Waals surface area contributed by atoms with Crippen LogP contribution >= 0.6 is 0 Å². The van der Waals surface area contributed by atoms with Gasteiger partial charge in [0.25, 0.3) is 0 Å². The summed E-state index contributed by atoms with van der Waals surface area (Å²) >= 11 is 0. The van der Waals surface area contributed by atoms with Gasteiger partial charge in [-0.3, -0.25) is 0 Å². The number of nitrogens with zero attached hydrogens (tertiary/aromatic N) is 4. The number of nitrogen functional groups attached to an aromatic ring is 1. The highest BCUT2D eigenvalue weighted by Crippen LogP contribution is 2.36. The second kappa shape index (κ2) is 7.45. The van der Waals surface area contributed by atoms with Crippen LogP contribution in [0.4, 0.5) is 32.0 Å². The van der Waals surface area contributed by atoms with Gasteiger partial charge in [-0.25, -0.2) is 9.59 Å². The maximum atomic E-state index is 13.0. The summed E-state index contributed by atoms with van der Waals surface area (Å²) in [6.45, 7) is -0.357. The molecule has 0 bridgehead atoms. The van der Waals surface area contributed by atoms with Gasteiger partial charge < -0.3 is 10.8 Å². The number of tetrazole rings is 1. The molecule has 3 aromatic rings. The molecule has 0 spiro atoms. The van der Waals surface area contributed by atoms with Gasteiger partial charge in [-0.1, -0.05) is 6.07 Å². The standard InChI is InChI=1S/C17H11F6N5O3/c18-16(19,20)9-4-10(17(21,22)23)6-11(5-9)28-15(31)27(25-26-28)7-8-1-2-13(24)12(3-8)14(29)30/h1-6H,7,24H2,(H,29,30). The predicted molar refractivity (Wildman–Crippen MR) is 92.5 cm³/mol. The third-order valence-electron chi connectivity index (χ3n) is 4.14. The van der Waals surface area contributed by atoms with Gasteiger partial charge in [0.2, 0.25) is 0 Å². The fourth-order valence-corrected chi connectivity index (χ4v) is 2.66. The number of anilines is 1. The summed E-state index contributed by atoms with van der Waals surface area (Å²) in [5.41, 5.74) is 0.288. The Morgan fingerprint density at radius 3 is 2.06 bits per heavy atom. The summed E-state index contributed by atoms with van der Waals surface area (Å²) in [7, 11) is 0. The van der Waals surface area contributed by atoms with Gasteiger partial charge >= 0.3 is 24.0 Å². The highest BCUT2D eigenvalue weighted by atomic mass is 19.4. The fourth-order valence-electron chi connectivity index (χ4n) is 2.66. The minimum atomic E-state index is -5.10. The largest absolute Gasteiger partial charge is 0.478 e. The van der Waals surface area contributed by atoms with E-state index in [9.17, 15) is 35.9 Å². The number of aromatic nitrogens is 4. The van der Waals surface area contributed by atoms with Gasteiger partial charge in [0.1, 0.15) is 0 Å². The minimum absolute atomic E-state index is 0.0455. The first-order valence-corrected chi connectivity index (χ1v) is 8.22. The molecule has 8 nitrogen and oxygen atoms in total. The van der Waals surface area contributed by atoms with E-state index in [-0.39, 0.29) is 34.1 Å². The number of benzene rings is 2. The first-order chi connectivity index (χ1) is 14.3. The molecule has 0 fully saturated rings. The first-order valence-electron chi connectivity index (χ1n) is 8.22. The topological polar surface area (TPSA) is 116 Å². The predicted octanol–water partition coefficient (Wildman–Crippen LogP) is 2.80. The molecule has 0 saturated carbocycles. The second-order valence-corrected chi connectivity index (χ2v) is 6.32. The smallest absolute Gasteiger partial charge is 0.416 e. The zero-order valence-electron chi connectivity index (χ0n) is 15.1. The van der Waals surface area contributed by atoms with E-state index in [2.05, 4.69) is 10.4 Å². The highest BCUT2D eigenvalue weighted by molar-refractivity contribution is 5.93. The lowest BCUT2D eigenvalue weighted by molar-refractivity contribution is -0.143. The lowest BCUT2D eigenvalue weighted by atomic mass is 10.1. The van der Waals surface area contributed by atoms with E-state index < -0.39 is 40.8 Å². The van der Waals surface area contributed by atoms with Crippen LogP contribution in [0, 0.1) is 0 Å². The average molecular weight is 447 g/mol. The second-order valence-electron chi connectivity index (χ2n) is 6.32. The van der Waals surface area contributed by atoms with Crippen molar-refractivity contribution in [2.24, 2.45) is 0 Å². The first kappa shape index (κ1) is 21.9. The molecule has 14 heteroatoms. The normalized spacial score (nSPS) is 12.2. The summed E-state index contributed by atoms with van der Waals surface area (Å²) in [4.78, 5) is 23.6. The number of carboxylic acids is 1. The van der Waals surface area contributed by atoms with Crippen LogP contribution in [0.25, 0.3) is 5.69 Å². The maximum absolute atomic E-state index is 13.0. The molecule has 0 unspecified atom stereocenters. The van der Waals surface area contributed by atoms with E-state index in [0.29, 0.717) is 16.8 Å². The SMILES string of the molecule is Nc1ccc(Cn2nnn(-c3cc(C(F)(F)F)cc(C(F)(F)F)c3)c2=O)cc1C(=O)O. The molecule has 2 aromatic carbocycles. The highest BCUT2D eigenvalue weighted by Gasteiger charge is 2.37. The molecule has 1 heterocycles. The zero-order chi connectivity index (χ0) is 23.1. The number of aromatic carboxylic acids is 1. The summed E-state index contributed by atoms with van der Waals surface area (Å²) in [5, 5.41) is 15.9. The number of rotatable bonds is 4. The molecular weight excluding hydrogens is 436 g/mol. The van der Waals surface area contributed by atoms with Gasteiger partial charge in [-0.05, 0) is 46.3 Å². The van der Waals surface area contributed by atoms with Crippen molar-refractivity contribution < 1.29 is 36.2 Å². The van der Waals surface area contributed by atoms with Gasteiger partial charge in [0, 0.05) is 5.69 Å². The van der Waals surface area contributed by atoms with Crippen LogP contribution in [0.15, 0.2) is 41.2 Å². The summed E-state index contributed by atoms with van der Waals surface area (Å²) in [6, 6.07) is 4.37. The van der Waals surface area contributed by atoms with E-state index in [1.165, 1.54) is 12.1 Å². The van der Waals surface area contributed by atoms with Crippen LogP contribution in [0.2, 0.25) is 0 Å². The van der Waals surface area contributed by atoms with Crippen molar-refractivity contribution in [3.8, 4) is 5.69 Å². The minimum Gasteiger partial charge on any atom is -0.478 e. The number of halogens is 6. The number of hydrogen-bond donors (Lipinski definition) is 2. The van der Waals surface area contributed by atoms with Crippen molar-refractivity contribution in [1.29, 1.82) is 0 Å². The molecule has 0 aliphatic heterocycles. The molecule has 1 aromatic heterocycles. The van der Waals surface area contributed by atoms with E-state index >= 15 is 0 Å². The van der Waals surface area contributed by atoms with Crippen molar-refractivity contribution in [2.45, 2.75) is 18.9 Å². The van der Waals surface area contributed by atoms with Crippen molar-refractivity contribution >= 4 is 11.7 Å². The monoisotopic (exact) mass is 447 g/mol. The molecule has 0 amide bonds. The summed E-state index contributed by atoms with van der Waals surface area (Å²) in [5.74, 6) is -1.33. The molecule has 164 valence electrons. The molecule has 0 saturated heterocycles. The number of hydrogen-bond acceptors (Lipinski definition) is 5. The molecule has 0 aliphatic carbocycles.